The molecule has 0 atom stereocenters. The number of likely N-dealkylation sites (tertiary alicyclic amines) is 1. The van der Waals surface area contributed by atoms with Crippen LogP contribution in [0.1, 0.15) is 36.9 Å². The molecule has 150 valence electrons. The van der Waals surface area contributed by atoms with E-state index in [-0.39, 0.29) is 17.9 Å². The molecule has 0 amide bonds. The molecule has 2 aromatic rings. The average molecular weight is 383 g/mol. The van der Waals surface area contributed by atoms with Crippen molar-refractivity contribution in [1.82, 2.24) is 4.90 Å². The second-order valence-electron chi connectivity index (χ2n) is 7.01. The van der Waals surface area contributed by atoms with Crippen molar-refractivity contribution in [3.05, 3.63) is 59.7 Å². The first kappa shape index (κ1) is 20.2. The van der Waals surface area contributed by atoms with Crippen LogP contribution in [0.15, 0.2) is 48.5 Å². The predicted octanol–water partition coefficient (Wildman–Crippen LogP) is 4.07. The van der Waals surface area contributed by atoms with Crippen LogP contribution in [0, 0.1) is 5.92 Å². The number of methoxy groups -OCH3 is 2. The van der Waals surface area contributed by atoms with E-state index in [1.54, 1.807) is 14.2 Å². The maximum Gasteiger partial charge on any atom is 0.309 e. The minimum Gasteiger partial charge on any atom is -0.497 e. The third-order valence-corrected chi connectivity index (χ3v) is 5.38. The number of carbonyl (C=O) groups excluding carboxylic acids is 1. The molecule has 0 spiro atoms. The molecule has 0 saturated carbocycles. The van der Waals surface area contributed by atoms with Gasteiger partial charge in [-0.05, 0) is 68.2 Å². The summed E-state index contributed by atoms with van der Waals surface area (Å²) in [6.07, 6.45) is 1.64. The second kappa shape index (κ2) is 9.60. The van der Waals surface area contributed by atoms with Gasteiger partial charge in [-0.2, -0.15) is 0 Å². The summed E-state index contributed by atoms with van der Waals surface area (Å²) in [7, 11) is 3.35. The van der Waals surface area contributed by atoms with Crippen LogP contribution < -0.4 is 9.47 Å². The molecule has 2 aromatic carbocycles. The average Bonchev–Trinajstić information content (AvgIpc) is 2.75. The molecule has 0 N–H and O–H groups in total. The Morgan fingerprint density at radius 2 is 1.39 bits per heavy atom. The molecule has 1 aliphatic rings. The maximum atomic E-state index is 12.1. The first-order valence-corrected chi connectivity index (χ1v) is 9.84. The zero-order valence-corrected chi connectivity index (χ0v) is 16.9. The van der Waals surface area contributed by atoms with Crippen LogP contribution in [-0.2, 0) is 9.53 Å². The molecule has 1 fully saturated rings. The van der Waals surface area contributed by atoms with E-state index in [1.165, 1.54) is 11.1 Å². The normalized spacial score (nSPS) is 15.4. The molecule has 1 heterocycles. The van der Waals surface area contributed by atoms with Crippen molar-refractivity contribution in [2.24, 2.45) is 5.92 Å². The topological polar surface area (TPSA) is 48.0 Å². The van der Waals surface area contributed by atoms with Gasteiger partial charge < -0.3 is 14.2 Å². The van der Waals surface area contributed by atoms with Gasteiger partial charge >= 0.3 is 5.97 Å². The first-order valence-electron chi connectivity index (χ1n) is 9.84. The third kappa shape index (κ3) is 4.65. The molecule has 1 saturated heterocycles. The van der Waals surface area contributed by atoms with Gasteiger partial charge in [-0.1, -0.05) is 24.3 Å². The SMILES string of the molecule is CCOC(=O)C1CCN(C(c2ccc(OC)cc2)c2ccc(OC)cc2)CC1. The van der Waals surface area contributed by atoms with Crippen molar-refractivity contribution < 1.29 is 19.0 Å². The Hall–Kier alpha value is -2.53. The number of hydrogen-bond donors (Lipinski definition) is 0. The van der Waals surface area contributed by atoms with Crippen molar-refractivity contribution in [3.63, 3.8) is 0 Å². The van der Waals surface area contributed by atoms with Crippen LogP contribution in [-0.4, -0.2) is 44.8 Å². The van der Waals surface area contributed by atoms with E-state index in [9.17, 15) is 4.79 Å². The Bertz CT molecular complexity index is 702. The quantitative estimate of drug-likeness (QED) is 0.675. The van der Waals surface area contributed by atoms with Gasteiger partial charge in [-0.3, -0.25) is 9.69 Å². The highest BCUT2D eigenvalue weighted by Crippen LogP contribution is 2.34. The minimum absolute atomic E-state index is 0.00332. The summed E-state index contributed by atoms with van der Waals surface area (Å²) in [5, 5.41) is 0. The maximum absolute atomic E-state index is 12.1. The Balaban J connectivity index is 1.83. The van der Waals surface area contributed by atoms with Crippen LogP contribution >= 0.6 is 0 Å². The Morgan fingerprint density at radius 3 is 1.79 bits per heavy atom. The number of hydrogen-bond acceptors (Lipinski definition) is 5. The number of esters is 1. The van der Waals surface area contributed by atoms with E-state index in [1.807, 2.05) is 31.2 Å². The van der Waals surface area contributed by atoms with E-state index in [0.29, 0.717) is 6.61 Å². The fraction of sp³-hybridized carbons (Fsp3) is 0.435. The van der Waals surface area contributed by atoms with E-state index in [4.69, 9.17) is 14.2 Å². The zero-order valence-electron chi connectivity index (χ0n) is 16.9. The van der Waals surface area contributed by atoms with Crippen molar-refractivity contribution in [1.29, 1.82) is 0 Å². The van der Waals surface area contributed by atoms with Crippen LogP contribution in [0.4, 0.5) is 0 Å². The number of rotatable bonds is 7. The number of benzene rings is 2. The molecular formula is C23H29NO4. The van der Waals surface area contributed by atoms with Gasteiger partial charge in [0.25, 0.3) is 0 Å². The first-order chi connectivity index (χ1) is 13.7. The van der Waals surface area contributed by atoms with Crippen LogP contribution in [0.5, 0.6) is 11.5 Å². The van der Waals surface area contributed by atoms with E-state index in [0.717, 1.165) is 37.4 Å². The van der Waals surface area contributed by atoms with E-state index < -0.39 is 0 Å². The number of piperidine rings is 1. The van der Waals surface area contributed by atoms with Crippen molar-refractivity contribution in [2.75, 3.05) is 33.9 Å². The van der Waals surface area contributed by atoms with E-state index >= 15 is 0 Å². The third-order valence-electron chi connectivity index (χ3n) is 5.38. The molecule has 3 rings (SSSR count). The predicted molar refractivity (Wildman–Crippen MR) is 109 cm³/mol. The van der Waals surface area contributed by atoms with Gasteiger partial charge in [-0.25, -0.2) is 0 Å². The summed E-state index contributed by atoms with van der Waals surface area (Å²) >= 11 is 0. The summed E-state index contributed by atoms with van der Waals surface area (Å²) in [6, 6.07) is 16.6. The molecule has 0 aliphatic carbocycles. The van der Waals surface area contributed by atoms with Gasteiger partial charge in [0, 0.05) is 0 Å². The van der Waals surface area contributed by atoms with Crippen LogP contribution in [0.3, 0.4) is 0 Å². The summed E-state index contributed by atoms with van der Waals surface area (Å²) in [4.78, 5) is 14.5. The standard InChI is InChI=1S/C23H29NO4/c1-4-28-23(25)19-13-15-24(16-14-19)22(17-5-9-20(26-2)10-6-17)18-7-11-21(27-3)12-8-18/h5-12,19,22H,4,13-16H2,1-3H3. The van der Waals surface area contributed by atoms with Gasteiger partial charge in [0.05, 0.1) is 32.8 Å². The van der Waals surface area contributed by atoms with Crippen molar-refractivity contribution >= 4 is 5.97 Å². The summed E-state index contributed by atoms with van der Waals surface area (Å²) < 4.78 is 15.8. The lowest BCUT2D eigenvalue weighted by Crippen LogP contribution is -2.39. The van der Waals surface area contributed by atoms with Crippen LogP contribution in [0.2, 0.25) is 0 Å². The Morgan fingerprint density at radius 1 is 0.929 bits per heavy atom. The molecule has 5 nitrogen and oxygen atoms in total. The van der Waals surface area contributed by atoms with Gasteiger partial charge in [0.1, 0.15) is 11.5 Å². The molecule has 0 aromatic heterocycles. The lowest BCUT2D eigenvalue weighted by Gasteiger charge is -2.37. The molecule has 0 radical (unpaired) electrons. The second-order valence-corrected chi connectivity index (χ2v) is 7.01. The summed E-state index contributed by atoms with van der Waals surface area (Å²) in [5.41, 5.74) is 2.42. The van der Waals surface area contributed by atoms with Gasteiger partial charge in [0.15, 0.2) is 0 Å². The fourth-order valence-electron chi connectivity index (χ4n) is 3.84. The summed E-state index contributed by atoms with van der Waals surface area (Å²) in [6.45, 7) is 4.01. The minimum atomic E-state index is -0.0624. The highest BCUT2D eigenvalue weighted by Gasteiger charge is 2.31. The lowest BCUT2D eigenvalue weighted by atomic mass is 9.91. The summed E-state index contributed by atoms with van der Waals surface area (Å²) in [5.74, 6) is 1.63. The number of carbonyl (C=O) groups is 1. The smallest absolute Gasteiger partial charge is 0.309 e. The highest BCUT2D eigenvalue weighted by molar-refractivity contribution is 5.72. The Labute approximate surface area is 167 Å². The molecule has 1 aliphatic heterocycles. The largest absolute Gasteiger partial charge is 0.497 e. The monoisotopic (exact) mass is 383 g/mol. The number of ether oxygens (including phenoxy) is 3. The molecular weight excluding hydrogens is 354 g/mol. The van der Waals surface area contributed by atoms with Crippen molar-refractivity contribution in [2.45, 2.75) is 25.8 Å². The van der Waals surface area contributed by atoms with Crippen LogP contribution in [0.25, 0.3) is 0 Å². The highest BCUT2D eigenvalue weighted by atomic mass is 16.5. The molecule has 0 bridgehead atoms. The van der Waals surface area contributed by atoms with E-state index in [2.05, 4.69) is 29.2 Å². The van der Waals surface area contributed by atoms with Gasteiger partial charge in [-0.15, -0.1) is 0 Å². The fourth-order valence-corrected chi connectivity index (χ4v) is 3.84. The Kier molecular flexibility index (Phi) is 6.93. The zero-order chi connectivity index (χ0) is 19.9. The van der Waals surface area contributed by atoms with Gasteiger partial charge in [0.2, 0.25) is 0 Å². The molecule has 28 heavy (non-hydrogen) atoms. The molecule has 5 heteroatoms. The molecule has 0 unspecified atom stereocenters. The lowest BCUT2D eigenvalue weighted by molar-refractivity contribution is -0.149. The number of nitrogens with zero attached hydrogens (tertiary/aromatic N) is 1. The van der Waals surface area contributed by atoms with Crippen molar-refractivity contribution in [3.8, 4) is 11.5 Å².